The Morgan fingerprint density at radius 2 is 1.92 bits per heavy atom. The maximum absolute atomic E-state index is 10.7. The molecule has 0 atom stereocenters. The highest BCUT2D eigenvalue weighted by Crippen LogP contribution is 2.18. The van der Waals surface area contributed by atoms with Gasteiger partial charge in [0, 0.05) is 13.1 Å². The summed E-state index contributed by atoms with van der Waals surface area (Å²) < 4.78 is 0. The monoisotopic (exact) mass is 171 g/mol. The molecule has 0 saturated carbocycles. The number of aliphatic hydroxyl groups is 1. The third-order valence-electron chi connectivity index (χ3n) is 2.57. The minimum absolute atomic E-state index is 0.163. The van der Waals surface area contributed by atoms with Crippen molar-refractivity contribution in [3.8, 4) is 0 Å². The molecule has 1 N–H and O–H groups in total. The van der Waals surface area contributed by atoms with E-state index in [0.717, 1.165) is 32.2 Å². The second kappa shape index (κ2) is 3.54. The van der Waals surface area contributed by atoms with Crippen LogP contribution < -0.4 is 0 Å². The van der Waals surface area contributed by atoms with Crippen molar-refractivity contribution in [3.63, 3.8) is 0 Å². The van der Waals surface area contributed by atoms with E-state index in [1.54, 1.807) is 0 Å². The van der Waals surface area contributed by atoms with Crippen molar-refractivity contribution in [2.75, 3.05) is 13.1 Å². The zero-order valence-corrected chi connectivity index (χ0v) is 7.79. The van der Waals surface area contributed by atoms with Crippen LogP contribution in [-0.2, 0) is 4.79 Å². The predicted octanol–water partition coefficient (Wildman–Crippen LogP) is 0.421. The maximum Gasteiger partial charge on any atom is 0.139 e. The van der Waals surface area contributed by atoms with E-state index in [-0.39, 0.29) is 11.6 Å². The zero-order chi connectivity index (χ0) is 9.19. The van der Waals surface area contributed by atoms with Crippen LogP contribution in [0, 0.1) is 0 Å². The largest absolute Gasteiger partial charge is 0.393 e. The van der Waals surface area contributed by atoms with Gasteiger partial charge in [-0.15, -0.1) is 0 Å². The first-order valence-electron chi connectivity index (χ1n) is 4.46. The lowest BCUT2D eigenvalue weighted by atomic mass is 9.99. The third-order valence-corrected chi connectivity index (χ3v) is 2.57. The lowest BCUT2D eigenvalue weighted by molar-refractivity contribution is -0.118. The molecular formula is C9H17NO2. The van der Waals surface area contributed by atoms with E-state index >= 15 is 0 Å². The summed E-state index contributed by atoms with van der Waals surface area (Å²) in [4.78, 5) is 12.8. The number of likely N-dealkylation sites (tertiary alicyclic amines) is 1. The predicted molar refractivity (Wildman–Crippen MR) is 47.0 cm³/mol. The average molecular weight is 171 g/mol. The summed E-state index contributed by atoms with van der Waals surface area (Å²) in [6, 6.07) is 0. The van der Waals surface area contributed by atoms with Gasteiger partial charge in [0.2, 0.25) is 0 Å². The molecule has 1 rings (SSSR count). The molecule has 3 heteroatoms. The van der Waals surface area contributed by atoms with Crippen molar-refractivity contribution < 1.29 is 9.90 Å². The van der Waals surface area contributed by atoms with Crippen LogP contribution in [0.1, 0.15) is 26.7 Å². The third kappa shape index (κ3) is 2.05. The fraction of sp³-hybridized carbons (Fsp3) is 0.889. The molecule has 1 saturated heterocycles. The fourth-order valence-electron chi connectivity index (χ4n) is 1.52. The van der Waals surface area contributed by atoms with Crippen LogP contribution in [-0.4, -0.2) is 41.0 Å². The van der Waals surface area contributed by atoms with Crippen molar-refractivity contribution in [3.05, 3.63) is 0 Å². The first kappa shape index (κ1) is 9.68. The van der Waals surface area contributed by atoms with Gasteiger partial charge in [-0.3, -0.25) is 4.90 Å². The van der Waals surface area contributed by atoms with Crippen LogP contribution >= 0.6 is 0 Å². The van der Waals surface area contributed by atoms with Gasteiger partial charge in [-0.1, -0.05) is 0 Å². The number of carbonyl (C=O) groups excluding carboxylic acids is 1. The van der Waals surface area contributed by atoms with Crippen molar-refractivity contribution >= 4 is 6.29 Å². The molecule has 12 heavy (non-hydrogen) atoms. The molecule has 1 aliphatic heterocycles. The number of hydrogen-bond acceptors (Lipinski definition) is 3. The van der Waals surface area contributed by atoms with Gasteiger partial charge in [0.15, 0.2) is 0 Å². The summed E-state index contributed by atoms with van der Waals surface area (Å²) in [6.45, 7) is 5.48. The van der Waals surface area contributed by atoms with E-state index in [1.165, 1.54) is 0 Å². The van der Waals surface area contributed by atoms with Gasteiger partial charge in [-0.25, -0.2) is 0 Å². The van der Waals surface area contributed by atoms with E-state index in [2.05, 4.69) is 4.90 Å². The fourth-order valence-corrected chi connectivity index (χ4v) is 1.52. The van der Waals surface area contributed by atoms with Crippen molar-refractivity contribution in [2.45, 2.75) is 38.3 Å². The Bertz CT molecular complexity index is 160. The van der Waals surface area contributed by atoms with E-state index < -0.39 is 0 Å². The van der Waals surface area contributed by atoms with Gasteiger partial charge < -0.3 is 9.90 Å². The smallest absolute Gasteiger partial charge is 0.139 e. The van der Waals surface area contributed by atoms with Crippen LogP contribution in [0.2, 0.25) is 0 Å². The summed E-state index contributed by atoms with van der Waals surface area (Å²) in [5.41, 5.74) is -0.361. The molecule has 0 aromatic carbocycles. The summed E-state index contributed by atoms with van der Waals surface area (Å²) in [6.07, 6.45) is 2.39. The summed E-state index contributed by atoms with van der Waals surface area (Å²) in [5, 5.41) is 9.25. The molecule has 1 heterocycles. The summed E-state index contributed by atoms with van der Waals surface area (Å²) in [7, 11) is 0. The van der Waals surface area contributed by atoms with Gasteiger partial charge in [0.25, 0.3) is 0 Å². The summed E-state index contributed by atoms with van der Waals surface area (Å²) in [5.74, 6) is 0. The van der Waals surface area contributed by atoms with Gasteiger partial charge in [0.05, 0.1) is 11.6 Å². The second-order valence-electron chi connectivity index (χ2n) is 3.99. The van der Waals surface area contributed by atoms with Crippen LogP contribution in [0.3, 0.4) is 0 Å². The average Bonchev–Trinajstić information content (AvgIpc) is 2.05. The Morgan fingerprint density at radius 1 is 1.42 bits per heavy atom. The Balaban J connectivity index is 2.49. The Kier molecular flexibility index (Phi) is 2.85. The van der Waals surface area contributed by atoms with E-state index in [0.29, 0.717) is 0 Å². The Morgan fingerprint density at radius 3 is 2.33 bits per heavy atom. The van der Waals surface area contributed by atoms with Gasteiger partial charge >= 0.3 is 0 Å². The Hall–Kier alpha value is -0.410. The molecule has 0 bridgehead atoms. The number of rotatable bonds is 2. The van der Waals surface area contributed by atoms with Crippen molar-refractivity contribution in [1.29, 1.82) is 0 Å². The number of aliphatic hydroxyl groups excluding tert-OH is 1. The molecule has 0 aromatic rings. The van der Waals surface area contributed by atoms with Crippen LogP contribution in [0.25, 0.3) is 0 Å². The number of hydrogen-bond donors (Lipinski definition) is 1. The van der Waals surface area contributed by atoms with E-state index in [4.69, 9.17) is 0 Å². The lowest BCUT2D eigenvalue weighted by Crippen LogP contribution is -2.50. The number of piperidine rings is 1. The zero-order valence-electron chi connectivity index (χ0n) is 7.79. The molecule has 0 radical (unpaired) electrons. The molecular weight excluding hydrogens is 154 g/mol. The van der Waals surface area contributed by atoms with E-state index in [9.17, 15) is 9.90 Å². The van der Waals surface area contributed by atoms with Crippen molar-refractivity contribution in [2.24, 2.45) is 0 Å². The maximum atomic E-state index is 10.7. The molecule has 3 nitrogen and oxygen atoms in total. The van der Waals surface area contributed by atoms with Crippen LogP contribution in [0.15, 0.2) is 0 Å². The van der Waals surface area contributed by atoms with Gasteiger partial charge in [-0.05, 0) is 26.7 Å². The first-order valence-corrected chi connectivity index (χ1v) is 4.46. The van der Waals surface area contributed by atoms with Crippen LogP contribution in [0.4, 0.5) is 0 Å². The standard InChI is InChI=1S/C9H17NO2/c1-9(2,7-11)10-5-3-8(12)4-6-10/h7-8,12H,3-6H2,1-2H3. The normalized spacial score (nSPS) is 22.6. The SMILES string of the molecule is CC(C)(C=O)N1CCC(O)CC1. The molecule has 1 aliphatic rings. The minimum atomic E-state index is -0.361. The van der Waals surface area contributed by atoms with Crippen LogP contribution in [0.5, 0.6) is 0 Å². The first-order chi connectivity index (χ1) is 5.56. The highest BCUT2D eigenvalue weighted by atomic mass is 16.3. The highest BCUT2D eigenvalue weighted by Gasteiger charge is 2.29. The number of aldehydes is 1. The Labute approximate surface area is 73.4 Å². The quantitative estimate of drug-likeness (QED) is 0.612. The minimum Gasteiger partial charge on any atom is -0.393 e. The molecule has 0 unspecified atom stereocenters. The number of nitrogens with zero attached hydrogens (tertiary/aromatic N) is 1. The summed E-state index contributed by atoms with van der Waals surface area (Å²) >= 11 is 0. The molecule has 70 valence electrons. The highest BCUT2D eigenvalue weighted by molar-refractivity contribution is 5.62. The topological polar surface area (TPSA) is 40.5 Å². The molecule has 0 aromatic heterocycles. The molecule has 0 amide bonds. The van der Waals surface area contributed by atoms with E-state index in [1.807, 2.05) is 13.8 Å². The number of carbonyl (C=O) groups is 1. The molecule has 0 spiro atoms. The molecule has 1 fully saturated rings. The lowest BCUT2D eigenvalue weighted by Gasteiger charge is -2.38. The van der Waals surface area contributed by atoms with Crippen molar-refractivity contribution in [1.82, 2.24) is 4.90 Å². The van der Waals surface area contributed by atoms with Gasteiger partial charge in [-0.2, -0.15) is 0 Å². The second-order valence-corrected chi connectivity index (χ2v) is 3.99. The molecule has 0 aliphatic carbocycles. The van der Waals surface area contributed by atoms with Gasteiger partial charge in [0.1, 0.15) is 6.29 Å².